The molecular weight excluding hydrogens is 679 g/mol. The van der Waals surface area contributed by atoms with E-state index < -0.39 is 18.1 Å². The molecule has 2 unspecified atom stereocenters. The molecule has 0 aliphatic carbocycles. The number of esters is 2. The van der Waals surface area contributed by atoms with E-state index in [2.05, 4.69) is 50.3 Å². The van der Waals surface area contributed by atoms with Crippen molar-refractivity contribution in [3.8, 4) is 0 Å². The van der Waals surface area contributed by atoms with E-state index in [1.54, 1.807) is 0 Å². The molecule has 0 saturated carbocycles. The summed E-state index contributed by atoms with van der Waals surface area (Å²) in [5.74, 6) is -1.51. The maximum atomic E-state index is 12.7. The number of aliphatic carboxylic acids is 1. The first-order chi connectivity index (χ1) is 26.1. The van der Waals surface area contributed by atoms with Gasteiger partial charge in [0.1, 0.15) is 6.61 Å². The second-order valence-electron chi connectivity index (χ2n) is 15.9. The van der Waals surface area contributed by atoms with Crippen molar-refractivity contribution in [3.63, 3.8) is 0 Å². The van der Waals surface area contributed by atoms with Crippen molar-refractivity contribution in [3.05, 3.63) is 36.5 Å². The van der Waals surface area contributed by atoms with Crippen LogP contribution >= 0.6 is 0 Å². The lowest BCUT2D eigenvalue weighted by molar-refractivity contribution is -0.887. The Morgan fingerprint density at radius 1 is 0.574 bits per heavy atom. The third-order valence-corrected chi connectivity index (χ3v) is 9.77. The minimum absolute atomic E-state index is 0.0543. The fraction of sp³-hybridized carbons (Fsp3) is 0.804. The van der Waals surface area contributed by atoms with Crippen molar-refractivity contribution in [1.29, 1.82) is 0 Å². The summed E-state index contributed by atoms with van der Waals surface area (Å²) < 4.78 is 17.2. The summed E-state index contributed by atoms with van der Waals surface area (Å²) in [6, 6.07) is -0.615. The van der Waals surface area contributed by atoms with Crippen molar-refractivity contribution >= 4 is 17.9 Å². The van der Waals surface area contributed by atoms with Crippen molar-refractivity contribution in [2.45, 2.75) is 199 Å². The van der Waals surface area contributed by atoms with Gasteiger partial charge in [-0.3, -0.25) is 9.59 Å². The number of unbranched alkanes of at least 4 members (excludes halogenated alkanes) is 19. The van der Waals surface area contributed by atoms with Gasteiger partial charge in [-0.15, -0.1) is 0 Å². The number of carbonyl (C=O) groups is 3. The Bertz CT molecular complexity index is 984. The molecule has 0 amide bonds. The predicted octanol–water partition coefficient (Wildman–Crippen LogP) is 11.9. The SMILES string of the molecule is CC/C=C/C/C=C/CCCCCCCCCCCCCCCCC(=O)OC(COCCC(C(=O)O)[N+](C)(C)C)COC(=O)CCC/C=C/CCCCCC. The van der Waals surface area contributed by atoms with E-state index in [9.17, 15) is 19.5 Å². The van der Waals surface area contributed by atoms with Gasteiger partial charge in [0.15, 0.2) is 12.1 Å². The minimum atomic E-state index is -0.878. The largest absolute Gasteiger partial charge is 0.477 e. The number of carboxylic acid groups (broad SMARTS) is 1. The van der Waals surface area contributed by atoms with Gasteiger partial charge in [0.05, 0.1) is 34.4 Å². The van der Waals surface area contributed by atoms with Crippen LogP contribution in [0.3, 0.4) is 0 Å². The molecule has 0 radical (unpaired) electrons. The number of carboxylic acids is 1. The zero-order valence-electron chi connectivity index (χ0n) is 35.7. The number of hydrogen-bond acceptors (Lipinski definition) is 6. The maximum Gasteiger partial charge on any atom is 0.362 e. The molecule has 0 spiro atoms. The fourth-order valence-corrected chi connectivity index (χ4v) is 6.37. The van der Waals surface area contributed by atoms with Crippen LogP contribution in [-0.4, -0.2) is 80.6 Å². The molecule has 8 heteroatoms. The van der Waals surface area contributed by atoms with E-state index in [0.717, 1.165) is 44.9 Å². The van der Waals surface area contributed by atoms with Crippen LogP contribution in [0.5, 0.6) is 0 Å². The topological polar surface area (TPSA) is 99.1 Å². The Hall–Kier alpha value is -2.45. The van der Waals surface area contributed by atoms with E-state index in [1.807, 2.05) is 21.1 Å². The molecule has 54 heavy (non-hydrogen) atoms. The summed E-state index contributed by atoms with van der Waals surface area (Å²) in [5, 5.41) is 9.60. The second kappa shape index (κ2) is 37.5. The Balaban J connectivity index is 4.23. The standard InChI is InChI=1S/C46H83NO7/c1-6-8-10-12-14-16-17-18-19-20-21-22-23-24-25-26-27-29-31-33-35-37-45(49)54-42(40-52-39-38-43(46(50)51)47(3,4)5)41-53-44(48)36-34-32-30-28-15-13-11-9-7-2/h8,10,14,16,28,30,42-43H,6-7,9,11-13,15,17-27,29,31-41H2,1-5H3/p+1/b10-8+,16-14+,30-28+. The maximum absolute atomic E-state index is 12.7. The van der Waals surface area contributed by atoms with Crippen LogP contribution in [0.15, 0.2) is 36.5 Å². The van der Waals surface area contributed by atoms with Crippen molar-refractivity contribution in [2.24, 2.45) is 0 Å². The molecule has 314 valence electrons. The van der Waals surface area contributed by atoms with Gasteiger partial charge in [0.2, 0.25) is 0 Å². The van der Waals surface area contributed by atoms with Crippen LogP contribution in [0.1, 0.15) is 187 Å². The first kappa shape index (κ1) is 51.5. The van der Waals surface area contributed by atoms with Gasteiger partial charge in [0.25, 0.3) is 0 Å². The van der Waals surface area contributed by atoms with Crippen LogP contribution in [-0.2, 0) is 28.6 Å². The summed E-state index contributed by atoms with van der Waals surface area (Å²) in [6.07, 6.45) is 42.1. The molecule has 0 bridgehead atoms. The highest BCUT2D eigenvalue weighted by molar-refractivity contribution is 5.72. The molecule has 0 aromatic heterocycles. The summed E-state index contributed by atoms with van der Waals surface area (Å²) >= 11 is 0. The first-order valence-electron chi connectivity index (χ1n) is 22.0. The minimum Gasteiger partial charge on any atom is -0.477 e. The molecule has 0 aromatic rings. The molecule has 0 fully saturated rings. The highest BCUT2D eigenvalue weighted by Gasteiger charge is 2.31. The monoisotopic (exact) mass is 763 g/mol. The smallest absolute Gasteiger partial charge is 0.362 e. The van der Waals surface area contributed by atoms with E-state index in [0.29, 0.717) is 25.7 Å². The van der Waals surface area contributed by atoms with Crippen molar-refractivity contribution in [1.82, 2.24) is 0 Å². The molecule has 0 heterocycles. The number of carbonyl (C=O) groups excluding carboxylic acids is 2. The normalized spacial score (nSPS) is 13.3. The Morgan fingerprint density at radius 2 is 1.06 bits per heavy atom. The Morgan fingerprint density at radius 3 is 1.59 bits per heavy atom. The lowest BCUT2D eigenvalue weighted by Crippen LogP contribution is -2.50. The lowest BCUT2D eigenvalue weighted by atomic mass is 10.0. The van der Waals surface area contributed by atoms with Gasteiger partial charge in [-0.05, 0) is 57.8 Å². The quantitative estimate of drug-likeness (QED) is 0.0288. The summed E-state index contributed by atoms with van der Waals surface area (Å²) in [6.45, 7) is 4.57. The van der Waals surface area contributed by atoms with Gasteiger partial charge in [-0.1, -0.05) is 147 Å². The van der Waals surface area contributed by atoms with E-state index in [4.69, 9.17) is 14.2 Å². The molecule has 8 nitrogen and oxygen atoms in total. The van der Waals surface area contributed by atoms with Crippen LogP contribution in [0, 0.1) is 0 Å². The van der Waals surface area contributed by atoms with Crippen molar-refractivity contribution < 1.29 is 38.2 Å². The fourth-order valence-electron chi connectivity index (χ4n) is 6.37. The van der Waals surface area contributed by atoms with Gasteiger partial charge >= 0.3 is 17.9 Å². The van der Waals surface area contributed by atoms with Gasteiger partial charge in [0, 0.05) is 19.3 Å². The zero-order chi connectivity index (χ0) is 40.0. The van der Waals surface area contributed by atoms with Gasteiger partial charge < -0.3 is 23.8 Å². The zero-order valence-corrected chi connectivity index (χ0v) is 35.7. The number of rotatable bonds is 39. The molecule has 0 rings (SSSR count). The Labute approximate surface area is 332 Å². The highest BCUT2D eigenvalue weighted by atomic mass is 16.6. The third kappa shape index (κ3) is 35.3. The molecule has 1 N–H and O–H groups in total. The highest BCUT2D eigenvalue weighted by Crippen LogP contribution is 2.15. The molecule has 0 aliphatic rings. The van der Waals surface area contributed by atoms with Crippen LogP contribution in [0.2, 0.25) is 0 Å². The lowest BCUT2D eigenvalue weighted by Gasteiger charge is -2.31. The molecule has 2 atom stereocenters. The summed E-state index contributed by atoms with van der Waals surface area (Å²) in [7, 11) is 5.52. The molecule has 0 aromatic carbocycles. The van der Waals surface area contributed by atoms with Crippen LogP contribution in [0.4, 0.5) is 0 Å². The number of nitrogens with zero attached hydrogens (tertiary/aromatic N) is 1. The molecule has 0 saturated heterocycles. The van der Waals surface area contributed by atoms with Crippen LogP contribution < -0.4 is 0 Å². The summed E-state index contributed by atoms with van der Waals surface area (Å²) in [5.41, 5.74) is 0. The number of hydrogen-bond donors (Lipinski definition) is 1. The molecular formula is C46H84NO7+. The van der Waals surface area contributed by atoms with Crippen molar-refractivity contribution in [2.75, 3.05) is 41.0 Å². The summed E-state index contributed by atoms with van der Waals surface area (Å²) in [4.78, 5) is 36.8. The average molecular weight is 763 g/mol. The van der Waals surface area contributed by atoms with Gasteiger partial charge in [-0.25, -0.2) is 4.79 Å². The predicted molar refractivity (Wildman–Crippen MR) is 225 cm³/mol. The Kier molecular flexibility index (Phi) is 35.8. The molecule has 0 aliphatic heterocycles. The van der Waals surface area contributed by atoms with E-state index in [1.165, 1.54) is 103 Å². The number of allylic oxidation sites excluding steroid dienone is 6. The first-order valence-corrected chi connectivity index (χ1v) is 22.0. The third-order valence-electron chi connectivity index (χ3n) is 9.77. The van der Waals surface area contributed by atoms with E-state index in [-0.39, 0.29) is 36.2 Å². The van der Waals surface area contributed by atoms with Gasteiger partial charge in [-0.2, -0.15) is 0 Å². The van der Waals surface area contributed by atoms with E-state index >= 15 is 0 Å². The second-order valence-corrected chi connectivity index (χ2v) is 15.9. The number of ether oxygens (including phenoxy) is 3. The number of quaternary nitrogens is 1. The number of likely N-dealkylation sites (N-methyl/N-ethyl adjacent to an activating group) is 1. The van der Waals surface area contributed by atoms with Crippen LogP contribution in [0.25, 0.3) is 0 Å². The average Bonchev–Trinajstić information content (AvgIpc) is 3.12.